The van der Waals surface area contributed by atoms with Gasteiger partial charge in [-0.3, -0.25) is 4.79 Å². The lowest BCUT2D eigenvalue weighted by molar-refractivity contribution is 0.0577. The van der Waals surface area contributed by atoms with Crippen molar-refractivity contribution in [2.24, 2.45) is 0 Å². The second-order valence-electron chi connectivity index (χ2n) is 6.01. The van der Waals surface area contributed by atoms with Crippen molar-refractivity contribution in [2.75, 3.05) is 12.0 Å². The molecule has 0 radical (unpaired) electrons. The Morgan fingerprint density at radius 2 is 2.16 bits per heavy atom. The summed E-state index contributed by atoms with van der Waals surface area (Å²) in [6, 6.07) is 3.51. The highest BCUT2D eigenvalue weighted by Gasteiger charge is 2.27. The van der Waals surface area contributed by atoms with Crippen molar-refractivity contribution in [3.05, 3.63) is 33.9 Å². The van der Waals surface area contributed by atoms with Crippen LogP contribution in [-0.4, -0.2) is 35.1 Å². The molecule has 134 valence electrons. The summed E-state index contributed by atoms with van der Waals surface area (Å²) in [5, 5.41) is 0.300. The third-order valence-electron chi connectivity index (χ3n) is 2.92. The van der Waals surface area contributed by atoms with Gasteiger partial charge in [-0.2, -0.15) is 0 Å². The molecule has 2 rings (SSSR count). The van der Waals surface area contributed by atoms with E-state index in [9.17, 15) is 9.59 Å². The number of ether oxygens (including phenoxy) is 2. The maximum atomic E-state index is 12.6. The van der Waals surface area contributed by atoms with Gasteiger partial charge in [0.2, 0.25) is 5.88 Å². The summed E-state index contributed by atoms with van der Waals surface area (Å²) >= 11 is 6.95. The molecule has 0 fully saturated rings. The summed E-state index contributed by atoms with van der Waals surface area (Å²) in [5.74, 6) is 0.384. The number of aromatic nitrogens is 2. The highest BCUT2D eigenvalue weighted by molar-refractivity contribution is 7.17. The van der Waals surface area contributed by atoms with Gasteiger partial charge in [0.1, 0.15) is 10.5 Å². The van der Waals surface area contributed by atoms with Gasteiger partial charge in [0.05, 0.1) is 13.7 Å². The van der Waals surface area contributed by atoms with Crippen LogP contribution in [-0.2, 0) is 11.3 Å². The summed E-state index contributed by atoms with van der Waals surface area (Å²) in [4.78, 5) is 33.4. The number of halogens is 1. The Labute approximate surface area is 154 Å². The highest BCUT2D eigenvalue weighted by Crippen LogP contribution is 2.31. The van der Waals surface area contributed by atoms with Gasteiger partial charge in [0.15, 0.2) is 16.6 Å². The van der Waals surface area contributed by atoms with Gasteiger partial charge in [0.25, 0.3) is 0 Å². The Bertz CT molecular complexity index is 773. The van der Waals surface area contributed by atoms with E-state index in [0.29, 0.717) is 17.7 Å². The van der Waals surface area contributed by atoms with Crippen molar-refractivity contribution in [2.45, 2.75) is 32.9 Å². The van der Waals surface area contributed by atoms with E-state index < -0.39 is 11.7 Å². The number of nitrogens with zero attached hydrogens (tertiary/aromatic N) is 3. The van der Waals surface area contributed by atoms with E-state index in [-0.39, 0.29) is 21.7 Å². The number of thiazole rings is 1. The van der Waals surface area contributed by atoms with Gasteiger partial charge < -0.3 is 9.47 Å². The first-order valence-corrected chi connectivity index (χ1v) is 8.54. The molecule has 0 atom stereocenters. The van der Waals surface area contributed by atoms with Crippen molar-refractivity contribution in [3.8, 4) is 5.88 Å². The van der Waals surface area contributed by atoms with Gasteiger partial charge in [-0.25, -0.2) is 19.7 Å². The average Bonchev–Trinajstić information content (AvgIpc) is 2.91. The number of hydrogen-bond acceptors (Lipinski definition) is 7. The monoisotopic (exact) mass is 383 g/mol. The molecule has 0 saturated heterocycles. The third-order valence-corrected chi connectivity index (χ3v) is 4.33. The van der Waals surface area contributed by atoms with Crippen LogP contribution in [0.4, 0.5) is 9.93 Å². The normalized spacial score (nSPS) is 11.1. The maximum absolute atomic E-state index is 12.6. The number of carbonyl (C=O) groups is 2. The molecule has 0 aliphatic heterocycles. The van der Waals surface area contributed by atoms with Crippen molar-refractivity contribution < 1.29 is 19.1 Å². The minimum absolute atomic E-state index is 0.0433. The van der Waals surface area contributed by atoms with Crippen LogP contribution in [0, 0.1) is 0 Å². The van der Waals surface area contributed by atoms with Crippen molar-refractivity contribution in [1.82, 2.24) is 9.97 Å². The predicted octanol–water partition coefficient (Wildman–Crippen LogP) is 3.95. The largest absolute Gasteiger partial charge is 0.481 e. The molecule has 1 amide bonds. The fourth-order valence-electron chi connectivity index (χ4n) is 1.92. The maximum Gasteiger partial charge on any atom is 0.416 e. The lowest BCUT2D eigenvalue weighted by Gasteiger charge is -2.26. The van der Waals surface area contributed by atoms with Gasteiger partial charge >= 0.3 is 6.09 Å². The molecule has 0 spiro atoms. The second kappa shape index (κ2) is 7.79. The van der Waals surface area contributed by atoms with Crippen molar-refractivity contribution in [1.29, 1.82) is 0 Å². The number of rotatable bonds is 5. The Kier molecular flexibility index (Phi) is 5.97. The molecule has 2 aromatic rings. The number of aldehydes is 1. The van der Waals surface area contributed by atoms with Crippen LogP contribution in [0.5, 0.6) is 5.88 Å². The first-order chi connectivity index (χ1) is 11.7. The standard InChI is InChI=1S/C16H18ClN3O4S/c1-16(2,3)24-15(22)20(14-19-12(17)11(9-21)25-14)8-10-6-5-7-18-13(10)23-4/h5-7,9H,8H2,1-4H3. The molecule has 0 aromatic carbocycles. The summed E-state index contributed by atoms with van der Waals surface area (Å²) in [5.41, 5.74) is -0.0297. The zero-order valence-corrected chi connectivity index (χ0v) is 15.8. The Hall–Kier alpha value is -2.19. The van der Waals surface area contributed by atoms with Crippen molar-refractivity contribution in [3.63, 3.8) is 0 Å². The number of anilines is 1. The van der Waals surface area contributed by atoms with Crippen LogP contribution in [0.25, 0.3) is 0 Å². The molecule has 7 nitrogen and oxygen atoms in total. The molecule has 9 heteroatoms. The fraction of sp³-hybridized carbons (Fsp3) is 0.375. The molecular formula is C16H18ClN3O4S. The summed E-state index contributed by atoms with van der Waals surface area (Å²) in [6.07, 6.45) is 1.58. The summed E-state index contributed by atoms with van der Waals surface area (Å²) in [7, 11) is 1.49. The number of carbonyl (C=O) groups excluding carboxylic acids is 2. The lowest BCUT2D eigenvalue weighted by atomic mass is 10.2. The zero-order valence-electron chi connectivity index (χ0n) is 14.3. The fourth-order valence-corrected chi connectivity index (χ4v) is 2.97. The molecule has 2 aromatic heterocycles. The van der Waals surface area contributed by atoms with Crippen LogP contribution in [0.2, 0.25) is 5.15 Å². The highest BCUT2D eigenvalue weighted by atomic mass is 35.5. The molecule has 2 heterocycles. The topological polar surface area (TPSA) is 81.6 Å². The van der Waals surface area contributed by atoms with E-state index in [0.717, 1.165) is 11.3 Å². The van der Waals surface area contributed by atoms with E-state index in [1.165, 1.54) is 12.0 Å². The number of hydrogen-bond donors (Lipinski definition) is 0. The van der Waals surface area contributed by atoms with Gasteiger partial charge in [-0.1, -0.05) is 29.0 Å². The first kappa shape index (κ1) is 19.1. The van der Waals surface area contributed by atoms with E-state index >= 15 is 0 Å². The third kappa shape index (κ3) is 4.90. The van der Waals surface area contributed by atoms with Crippen LogP contribution in [0.15, 0.2) is 18.3 Å². The minimum Gasteiger partial charge on any atom is -0.481 e. The molecule has 0 N–H and O–H groups in total. The average molecular weight is 384 g/mol. The molecule has 0 bridgehead atoms. The number of amides is 1. The number of methoxy groups -OCH3 is 1. The van der Waals surface area contributed by atoms with Crippen LogP contribution in [0.1, 0.15) is 36.0 Å². The Morgan fingerprint density at radius 3 is 2.72 bits per heavy atom. The second-order valence-corrected chi connectivity index (χ2v) is 7.37. The molecule has 25 heavy (non-hydrogen) atoms. The van der Waals surface area contributed by atoms with E-state index in [1.807, 2.05) is 0 Å². The quantitative estimate of drug-likeness (QED) is 0.727. The summed E-state index contributed by atoms with van der Waals surface area (Å²) in [6.45, 7) is 5.40. The molecule has 0 aliphatic carbocycles. The predicted molar refractivity (Wildman–Crippen MR) is 95.7 cm³/mol. The van der Waals surface area contributed by atoms with Crippen LogP contribution >= 0.6 is 22.9 Å². The SMILES string of the molecule is COc1ncccc1CN(C(=O)OC(C)(C)C)c1nc(Cl)c(C=O)s1. The van der Waals surface area contributed by atoms with Gasteiger partial charge in [0, 0.05) is 11.8 Å². The Morgan fingerprint density at radius 1 is 1.44 bits per heavy atom. The molecule has 0 aliphatic rings. The molecule has 0 unspecified atom stereocenters. The Balaban J connectivity index is 2.40. The zero-order chi connectivity index (χ0) is 18.6. The van der Waals surface area contributed by atoms with E-state index in [2.05, 4.69) is 9.97 Å². The van der Waals surface area contributed by atoms with Crippen molar-refractivity contribution >= 4 is 40.4 Å². The molecular weight excluding hydrogens is 366 g/mol. The lowest BCUT2D eigenvalue weighted by Crippen LogP contribution is -2.36. The van der Waals surface area contributed by atoms with Gasteiger partial charge in [-0.05, 0) is 26.8 Å². The van der Waals surface area contributed by atoms with E-state index in [4.69, 9.17) is 21.1 Å². The van der Waals surface area contributed by atoms with E-state index in [1.54, 1.807) is 39.1 Å². The first-order valence-electron chi connectivity index (χ1n) is 7.35. The number of pyridine rings is 1. The summed E-state index contributed by atoms with van der Waals surface area (Å²) < 4.78 is 10.7. The van der Waals surface area contributed by atoms with Gasteiger partial charge in [-0.15, -0.1) is 0 Å². The van der Waals surface area contributed by atoms with Crippen LogP contribution in [0.3, 0.4) is 0 Å². The molecule has 0 saturated carbocycles. The minimum atomic E-state index is -0.692. The smallest absolute Gasteiger partial charge is 0.416 e. The van der Waals surface area contributed by atoms with Crippen LogP contribution < -0.4 is 9.64 Å².